The Balaban J connectivity index is 1.48. The summed E-state index contributed by atoms with van der Waals surface area (Å²) in [5, 5.41) is 3.77. The van der Waals surface area contributed by atoms with Gasteiger partial charge in [0, 0.05) is 22.8 Å². The Morgan fingerprint density at radius 3 is 2.29 bits per heavy atom. The molecule has 0 radical (unpaired) electrons. The third kappa shape index (κ3) is 3.74. The molecule has 7 heteroatoms. The molecule has 0 saturated heterocycles. The number of nitrogens with zero attached hydrogens (tertiary/aromatic N) is 1. The number of benzene rings is 3. The lowest BCUT2D eigenvalue weighted by Crippen LogP contribution is -2.06. The van der Waals surface area contributed by atoms with Crippen LogP contribution in [0.25, 0.3) is 0 Å². The second-order valence-corrected chi connectivity index (χ2v) is 8.97. The van der Waals surface area contributed by atoms with Crippen molar-refractivity contribution in [3.63, 3.8) is 0 Å². The Kier molecular flexibility index (Phi) is 4.83. The topological polar surface area (TPSA) is 84.5 Å². The molecule has 0 atom stereocenters. The third-order valence-corrected chi connectivity index (χ3v) is 6.62. The Morgan fingerprint density at radius 2 is 1.61 bits per heavy atom. The van der Waals surface area contributed by atoms with Gasteiger partial charge < -0.3 is 11.1 Å². The van der Waals surface area contributed by atoms with Crippen LogP contribution < -0.4 is 11.1 Å². The van der Waals surface area contributed by atoms with Crippen molar-refractivity contribution in [1.29, 1.82) is 0 Å². The Morgan fingerprint density at radius 1 is 0.964 bits per heavy atom. The molecule has 3 aromatic rings. The van der Waals surface area contributed by atoms with Gasteiger partial charge in [0.05, 0.1) is 16.3 Å². The zero-order chi connectivity index (χ0) is 19.7. The van der Waals surface area contributed by atoms with Crippen LogP contribution in [0, 0.1) is 0 Å². The van der Waals surface area contributed by atoms with Crippen molar-refractivity contribution >= 4 is 38.6 Å². The third-order valence-electron chi connectivity index (χ3n) is 4.58. The highest BCUT2D eigenvalue weighted by Crippen LogP contribution is 2.26. The maximum atomic E-state index is 12.7. The molecule has 3 aromatic carbocycles. The first-order valence-electron chi connectivity index (χ1n) is 8.70. The average Bonchev–Trinajstić information content (AvgIpc) is 3.09. The van der Waals surface area contributed by atoms with E-state index in [0.29, 0.717) is 17.3 Å². The first kappa shape index (κ1) is 18.5. The van der Waals surface area contributed by atoms with E-state index in [-0.39, 0.29) is 9.79 Å². The van der Waals surface area contributed by atoms with Gasteiger partial charge in [-0.25, -0.2) is 8.42 Å². The number of amidine groups is 1. The van der Waals surface area contributed by atoms with E-state index < -0.39 is 9.84 Å². The number of rotatable bonds is 4. The van der Waals surface area contributed by atoms with Crippen LogP contribution in [0.2, 0.25) is 5.02 Å². The number of hydrogen-bond donors (Lipinski definition) is 2. The predicted octanol–water partition coefficient (Wildman–Crippen LogP) is 4.32. The van der Waals surface area contributed by atoms with Crippen molar-refractivity contribution in [2.45, 2.75) is 22.8 Å². The zero-order valence-corrected chi connectivity index (χ0v) is 16.5. The van der Waals surface area contributed by atoms with E-state index in [1.165, 1.54) is 12.1 Å². The maximum Gasteiger partial charge on any atom is 0.206 e. The molecule has 1 heterocycles. The van der Waals surface area contributed by atoms with Crippen LogP contribution >= 0.6 is 11.6 Å². The molecule has 0 saturated carbocycles. The van der Waals surface area contributed by atoms with Crippen LogP contribution in [0.4, 0.5) is 11.4 Å². The van der Waals surface area contributed by atoms with Crippen LogP contribution in [0.3, 0.4) is 0 Å². The number of hydrogen-bond acceptors (Lipinski definition) is 4. The smallest absolute Gasteiger partial charge is 0.206 e. The van der Waals surface area contributed by atoms with Gasteiger partial charge in [-0.05, 0) is 59.7 Å². The van der Waals surface area contributed by atoms with Gasteiger partial charge in [-0.15, -0.1) is 0 Å². The van der Waals surface area contributed by atoms with E-state index in [1.54, 1.807) is 36.4 Å². The first-order chi connectivity index (χ1) is 13.4. The minimum Gasteiger partial charge on any atom is -0.399 e. The lowest BCUT2D eigenvalue weighted by molar-refractivity contribution is 0.596. The van der Waals surface area contributed by atoms with Gasteiger partial charge in [0.1, 0.15) is 5.84 Å². The number of nitrogens with one attached hydrogen (secondary N) is 1. The second-order valence-electron chi connectivity index (χ2n) is 6.58. The van der Waals surface area contributed by atoms with Gasteiger partial charge >= 0.3 is 0 Å². The van der Waals surface area contributed by atoms with Crippen LogP contribution in [-0.2, 0) is 22.8 Å². The van der Waals surface area contributed by atoms with Crippen molar-refractivity contribution in [3.8, 4) is 0 Å². The Labute approximate surface area is 168 Å². The van der Waals surface area contributed by atoms with E-state index in [1.807, 2.05) is 18.2 Å². The molecule has 0 amide bonds. The summed E-state index contributed by atoms with van der Waals surface area (Å²) < 4.78 is 25.4. The zero-order valence-electron chi connectivity index (χ0n) is 14.9. The van der Waals surface area contributed by atoms with Crippen molar-refractivity contribution < 1.29 is 8.42 Å². The number of sulfone groups is 1. The van der Waals surface area contributed by atoms with E-state index >= 15 is 0 Å². The molecule has 1 aliphatic heterocycles. The minimum absolute atomic E-state index is 0.220. The van der Waals surface area contributed by atoms with Gasteiger partial charge in [0.25, 0.3) is 0 Å². The molecule has 1 aliphatic rings. The molecule has 28 heavy (non-hydrogen) atoms. The maximum absolute atomic E-state index is 12.7. The van der Waals surface area contributed by atoms with Crippen LogP contribution in [-0.4, -0.2) is 14.3 Å². The summed E-state index contributed by atoms with van der Waals surface area (Å²) in [6.45, 7) is 0.465. The molecule has 0 bridgehead atoms. The summed E-state index contributed by atoms with van der Waals surface area (Å²) >= 11 is 5.84. The standard InChI is InChI=1S/C21H18ClN3O2S/c22-16-4-9-19(10-5-16)28(26,27)18-7-1-14(2-8-18)13-24-21-11-15-3-6-17(23)12-20(15)25-21/h1-10,12H,11,13,23H2,(H,24,25). The fourth-order valence-electron chi connectivity index (χ4n) is 3.05. The lowest BCUT2D eigenvalue weighted by atomic mass is 10.1. The molecular formula is C21H18ClN3O2S. The molecule has 3 N–H and O–H groups in total. The number of anilines is 2. The van der Waals surface area contributed by atoms with Crippen molar-refractivity contribution in [3.05, 3.63) is 82.9 Å². The highest BCUT2D eigenvalue weighted by molar-refractivity contribution is 7.91. The monoisotopic (exact) mass is 411 g/mol. The molecule has 5 nitrogen and oxygen atoms in total. The number of nitrogen functional groups attached to an aromatic ring is 1. The normalized spacial score (nSPS) is 14.7. The van der Waals surface area contributed by atoms with Gasteiger partial charge in [-0.3, -0.25) is 4.99 Å². The van der Waals surface area contributed by atoms with Crippen molar-refractivity contribution in [2.75, 3.05) is 11.1 Å². The highest BCUT2D eigenvalue weighted by Gasteiger charge is 2.18. The van der Waals surface area contributed by atoms with Crippen molar-refractivity contribution in [1.82, 2.24) is 0 Å². The largest absolute Gasteiger partial charge is 0.399 e. The van der Waals surface area contributed by atoms with E-state index in [9.17, 15) is 8.42 Å². The highest BCUT2D eigenvalue weighted by atomic mass is 35.5. The molecular weight excluding hydrogens is 394 g/mol. The summed E-state index contributed by atoms with van der Waals surface area (Å²) in [6, 6.07) is 18.7. The molecule has 4 rings (SSSR count). The average molecular weight is 412 g/mol. The van der Waals surface area contributed by atoms with Crippen LogP contribution in [0.1, 0.15) is 11.1 Å². The number of fused-ring (bicyclic) bond motifs is 1. The quantitative estimate of drug-likeness (QED) is 0.626. The Bertz CT molecular complexity index is 1160. The minimum atomic E-state index is -3.56. The molecule has 0 aromatic heterocycles. The molecule has 0 aliphatic carbocycles. The van der Waals surface area contributed by atoms with Crippen LogP contribution in [0.15, 0.2) is 81.5 Å². The fourth-order valence-corrected chi connectivity index (χ4v) is 4.44. The summed E-state index contributed by atoms with van der Waals surface area (Å²) in [6.07, 6.45) is 0.735. The number of aliphatic imine (C=N–C) groups is 1. The lowest BCUT2D eigenvalue weighted by Gasteiger charge is -2.06. The van der Waals surface area contributed by atoms with E-state index in [0.717, 1.165) is 29.1 Å². The van der Waals surface area contributed by atoms with E-state index in [4.69, 9.17) is 17.3 Å². The molecule has 0 unspecified atom stereocenters. The second kappa shape index (κ2) is 7.30. The van der Waals surface area contributed by atoms with E-state index in [2.05, 4.69) is 10.3 Å². The summed E-state index contributed by atoms with van der Waals surface area (Å²) in [7, 11) is -3.56. The Hall–Kier alpha value is -2.83. The molecule has 0 fully saturated rings. The first-order valence-corrected chi connectivity index (χ1v) is 10.6. The summed E-state index contributed by atoms with van der Waals surface area (Å²) in [5.41, 5.74) is 9.60. The van der Waals surface area contributed by atoms with Gasteiger partial charge in [0.2, 0.25) is 9.84 Å². The van der Waals surface area contributed by atoms with Gasteiger partial charge in [0.15, 0.2) is 0 Å². The van der Waals surface area contributed by atoms with Crippen molar-refractivity contribution in [2.24, 2.45) is 4.99 Å². The number of halogens is 1. The molecule has 142 valence electrons. The predicted molar refractivity (Wildman–Crippen MR) is 113 cm³/mol. The molecule has 0 spiro atoms. The SMILES string of the molecule is Nc1ccc2c(c1)NC(=NCc1ccc(S(=O)(=O)c3ccc(Cl)cc3)cc1)C2. The fraction of sp³-hybridized carbons (Fsp3) is 0.0952. The summed E-state index contributed by atoms with van der Waals surface area (Å²) in [5.74, 6) is 0.874. The summed E-state index contributed by atoms with van der Waals surface area (Å²) in [4.78, 5) is 5.06. The van der Waals surface area contributed by atoms with Crippen LogP contribution in [0.5, 0.6) is 0 Å². The number of nitrogens with two attached hydrogens (primary N) is 1. The van der Waals surface area contributed by atoms with Gasteiger partial charge in [-0.2, -0.15) is 0 Å². The van der Waals surface area contributed by atoms with Gasteiger partial charge in [-0.1, -0.05) is 29.8 Å².